The Balaban J connectivity index is 1.90. The van der Waals surface area contributed by atoms with E-state index in [1.807, 2.05) is 0 Å². The minimum Gasteiger partial charge on any atom is -0.388 e. The number of nitrogens with one attached hydrogen (secondary N) is 1. The Labute approximate surface area is 201 Å². The predicted octanol–water partition coefficient (Wildman–Crippen LogP) is 3.79. The molecule has 13 heteroatoms. The van der Waals surface area contributed by atoms with E-state index in [4.69, 9.17) is 11.6 Å². The van der Waals surface area contributed by atoms with E-state index in [9.17, 15) is 32.3 Å². The molecule has 2 aromatic carbocycles. The number of fused-ring (bicyclic) bond motifs is 1. The van der Waals surface area contributed by atoms with E-state index in [1.54, 1.807) is 6.92 Å². The molecule has 0 saturated carbocycles. The number of rotatable bonds is 5. The van der Waals surface area contributed by atoms with Gasteiger partial charge in [0, 0.05) is 17.1 Å². The molecule has 0 bridgehead atoms. The van der Waals surface area contributed by atoms with Gasteiger partial charge < -0.3 is 10.4 Å². The summed E-state index contributed by atoms with van der Waals surface area (Å²) in [5, 5.41) is 16.2. The third-order valence-electron chi connectivity index (χ3n) is 5.82. The van der Waals surface area contributed by atoms with Gasteiger partial charge in [0.05, 0.1) is 17.1 Å². The highest BCUT2D eigenvalue weighted by Crippen LogP contribution is 2.43. The van der Waals surface area contributed by atoms with Crippen molar-refractivity contribution in [2.24, 2.45) is 0 Å². The molecular weight excluding hydrogens is 494 g/mol. The van der Waals surface area contributed by atoms with Crippen LogP contribution < -0.4 is 15.9 Å². The summed E-state index contributed by atoms with van der Waals surface area (Å²) in [4.78, 5) is 26.6. The molecule has 1 amide bonds. The van der Waals surface area contributed by atoms with Gasteiger partial charge in [-0.2, -0.15) is 17.9 Å². The predicted molar refractivity (Wildman–Crippen MR) is 120 cm³/mol. The third kappa shape index (κ3) is 4.16. The Hall–Kier alpha value is -3.38. The number of carbonyl (C=O) groups excluding carboxylic acids is 1. The number of hydrogen-bond donors (Lipinski definition) is 2. The fraction of sp³-hybridized carbons (Fsp3) is 0.318. The van der Waals surface area contributed by atoms with Crippen LogP contribution in [0.4, 0.5) is 28.9 Å². The van der Waals surface area contributed by atoms with Crippen molar-refractivity contribution in [2.75, 3.05) is 10.2 Å². The summed E-state index contributed by atoms with van der Waals surface area (Å²) >= 11 is 6.10. The number of aliphatic hydroxyl groups excluding tert-OH is 1. The van der Waals surface area contributed by atoms with Crippen molar-refractivity contribution in [3.8, 4) is 5.69 Å². The maximum Gasteiger partial charge on any atom is 0.408 e. The van der Waals surface area contributed by atoms with Gasteiger partial charge in [0.1, 0.15) is 24.5 Å². The zero-order valence-corrected chi connectivity index (χ0v) is 19.2. The highest BCUT2D eigenvalue weighted by atomic mass is 35.5. The lowest BCUT2D eigenvalue weighted by atomic mass is 9.99. The van der Waals surface area contributed by atoms with Gasteiger partial charge in [0.2, 0.25) is 0 Å². The first-order valence-electron chi connectivity index (χ1n) is 10.5. The van der Waals surface area contributed by atoms with E-state index in [0.29, 0.717) is 4.90 Å². The van der Waals surface area contributed by atoms with Gasteiger partial charge in [0.25, 0.3) is 5.91 Å². The van der Waals surface area contributed by atoms with Crippen molar-refractivity contribution in [3.05, 3.63) is 69.1 Å². The minimum atomic E-state index is -4.81. The Morgan fingerprint density at radius 1 is 1.23 bits per heavy atom. The largest absolute Gasteiger partial charge is 0.408 e. The number of aromatic nitrogens is 3. The third-order valence-corrected chi connectivity index (χ3v) is 6.15. The summed E-state index contributed by atoms with van der Waals surface area (Å²) in [6.07, 6.45) is -4.81. The van der Waals surface area contributed by atoms with E-state index in [2.05, 4.69) is 10.4 Å². The molecule has 186 valence electrons. The van der Waals surface area contributed by atoms with Crippen LogP contribution in [0.5, 0.6) is 0 Å². The molecule has 2 heterocycles. The van der Waals surface area contributed by atoms with Crippen LogP contribution >= 0.6 is 11.6 Å². The molecule has 4 rings (SSSR count). The fourth-order valence-electron chi connectivity index (χ4n) is 4.02. The van der Waals surface area contributed by atoms with Crippen molar-refractivity contribution < 1.29 is 27.5 Å². The van der Waals surface area contributed by atoms with Crippen molar-refractivity contribution >= 4 is 28.9 Å². The number of aliphatic hydroxyl groups is 1. The van der Waals surface area contributed by atoms with Gasteiger partial charge in [0.15, 0.2) is 5.82 Å². The van der Waals surface area contributed by atoms with E-state index < -0.39 is 42.3 Å². The highest BCUT2D eigenvalue weighted by molar-refractivity contribution is 6.32. The molecule has 2 N–H and O–H groups in total. The lowest BCUT2D eigenvalue weighted by molar-refractivity contribution is -0.151. The van der Waals surface area contributed by atoms with Gasteiger partial charge in [-0.1, -0.05) is 17.7 Å². The number of halogens is 5. The molecule has 0 fully saturated rings. The quantitative estimate of drug-likeness (QED) is 0.507. The monoisotopic (exact) mass is 513 g/mol. The van der Waals surface area contributed by atoms with Crippen LogP contribution in [0.3, 0.4) is 0 Å². The van der Waals surface area contributed by atoms with E-state index in [1.165, 1.54) is 34.9 Å². The van der Waals surface area contributed by atoms with Crippen LogP contribution in [0.1, 0.15) is 31.3 Å². The van der Waals surface area contributed by atoms with Crippen LogP contribution in [0.2, 0.25) is 5.02 Å². The number of hydrogen-bond acceptors (Lipinski definition) is 5. The van der Waals surface area contributed by atoms with Crippen molar-refractivity contribution in [3.63, 3.8) is 0 Å². The lowest BCUT2D eigenvalue weighted by Crippen LogP contribution is -2.52. The number of amides is 1. The lowest BCUT2D eigenvalue weighted by Gasteiger charge is -2.39. The van der Waals surface area contributed by atoms with Crippen LogP contribution in [-0.2, 0) is 17.9 Å². The topological polar surface area (TPSA) is 92.4 Å². The molecule has 3 aromatic rings. The Morgan fingerprint density at radius 2 is 1.94 bits per heavy atom. The number of carbonyl (C=O) groups is 1. The molecule has 2 atom stereocenters. The molecule has 1 aliphatic heterocycles. The molecule has 35 heavy (non-hydrogen) atoms. The molecule has 1 aromatic heterocycles. The second kappa shape index (κ2) is 9.00. The average Bonchev–Trinajstić information content (AvgIpc) is 3.13. The summed E-state index contributed by atoms with van der Waals surface area (Å²) in [5.74, 6) is -1.86. The minimum absolute atomic E-state index is 0.0687. The normalized spacial score (nSPS) is 16.7. The maximum absolute atomic E-state index is 14.6. The summed E-state index contributed by atoms with van der Waals surface area (Å²) < 4.78 is 58.2. The SMILES string of the molecule is CCn1c(CO)nn(-c2ccc3c(c2)N(C(C)C(F)(F)F)C(=O)C(c2c(F)cccc2Cl)N3)c1=O. The summed E-state index contributed by atoms with van der Waals surface area (Å²) in [5.41, 5.74) is -0.896. The first-order chi connectivity index (χ1) is 16.5. The highest BCUT2D eigenvalue weighted by Gasteiger charge is 2.47. The smallest absolute Gasteiger partial charge is 0.388 e. The van der Waals surface area contributed by atoms with Crippen LogP contribution in [-0.4, -0.2) is 37.6 Å². The molecule has 0 aliphatic carbocycles. The van der Waals surface area contributed by atoms with Crippen molar-refractivity contribution in [2.45, 2.75) is 45.3 Å². The van der Waals surface area contributed by atoms with Crippen LogP contribution in [0.25, 0.3) is 5.69 Å². The van der Waals surface area contributed by atoms with E-state index >= 15 is 0 Å². The second-order valence-corrected chi connectivity index (χ2v) is 8.26. The van der Waals surface area contributed by atoms with Gasteiger partial charge in [-0.05, 0) is 44.2 Å². The van der Waals surface area contributed by atoms with Crippen molar-refractivity contribution in [1.82, 2.24) is 14.3 Å². The molecule has 0 radical (unpaired) electrons. The number of alkyl halides is 3. The summed E-state index contributed by atoms with van der Waals surface area (Å²) in [7, 11) is 0. The average molecular weight is 514 g/mol. The maximum atomic E-state index is 14.6. The molecule has 1 aliphatic rings. The van der Waals surface area contributed by atoms with Gasteiger partial charge in [-0.25, -0.2) is 9.18 Å². The number of nitrogens with zero attached hydrogens (tertiary/aromatic N) is 4. The van der Waals surface area contributed by atoms with Crippen LogP contribution in [0.15, 0.2) is 41.2 Å². The van der Waals surface area contributed by atoms with E-state index in [0.717, 1.165) is 17.7 Å². The Bertz CT molecular complexity index is 1330. The Kier molecular flexibility index (Phi) is 6.36. The Morgan fingerprint density at radius 3 is 2.51 bits per heavy atom. The zero-order chi connectivity index (χ0) is 25.7. The fourth-order valence-corrected chi connectivity index (χ4v) is 4.29. The molecule has 8 nitrogen and oxygen atoms in total. The van der Waals surface area contributed by atoms with Crippen LogP contribution in [0, 0.1) is 5.82 Å². The molecule has 0 spiro atoms. The van der Waals surface area contributed by atoms with E-state index in [-0.39, 0.29) is 40.0 Å². The first kappa shape index (κ1) is 24.7. The molecular formula is C22H20ClF4N5O3. The van der Waals surface area contributed by atoms with Crippen molar-refractivity contribution in [1.29, 1.82) is 0 Å². The zero-order valence-electron chi connectivity index (χ0n) is 18.5. The van der Waals surface area contributed by atoms with Gasteiger partial charge in [-0.15, -0.1) is 5.10 Å². The first-order valence-corrected chi connectivity index (χ1v) is 10.9. The number of anilines is 2. The standard InChI is InChI=1S/C22H20ClF4N5O3/c1-3-30-17(10-33)29-32(21(30)35)12-7-8-15-16(9-12)31(11(2)22(25,26)27)20(34)19(28-15)18-13(23)5-4-6-14(18)24/h4-9,11,19,28,33H,3,10H2,1-2H3. The number of benzene rings is 2. The summed E-state index contributed by atoms with van der Waals surface area (Å²) in [6, 6.07) is 3.89. The van der Waals surface area contributed by atoms with Gasteiger partial charge in [-0.3, -0.25) is 14.3 Å². The van der Waals surface area contributed by atoms with Gasteiger partial charge >= 0.3 is 11.9 Å². The summed E-state index contributed by atoms with van der Waals surface area (Å²) in [6.45, 7) is 2.16. The molecule has 0 saturated heterocycles. The second-order valence-electron chi connectivity index (χ2n) is 7.85. The molecule has 2 unspecified atom stereocenters.